The molecule has 0 aliphatic heterocycles. The first-order chi connectivity index (χ1) is 8.21. The SMILES string of the molecule is CC(C)(C)C1CCCC1.CC(C)(C)C1[CH-]CCC1.[CH3-].[Fe+2]. The van der Waals surface area contributed by atoms with Gasteiger partial charge in [0, 0.05) is 0 Å². The van der Waals surface area contributed by atoms with Crippen molar-refractivity contribution in [3.63, 3.8) is 0 Å². The standard InChI is InChI=1S/C9H18.C9H17.CH3.Fe/c2*1-9(2,3)8-6-4-5-7-8;;/h8H,4-7H2,1-3H3;6,8H,4-5,7H2,1-3H3;1H3;/q;2*-1;+2. The summed E-state index contributed by atoms with van der Waals surface area (Å²) in [6.07, 6.45) is 12.6. The van der Waals surface area contributed by atoms with Crippen molar-refractivity contribution in [1.29, 1.82) is 0 Å². The zero-order valence-electron chi connectivity index (χ0n) is 15.0. The molecule has 122 valence electrons. The van der Waals surface area contributed by atoms with Crippen molar-refractivity contribution in [3.8, 4) is 0 Å². The maximum Gasteiger partial charge on any atom is 2.00 e. The van der Waals surface area contributed by atoms with Crippen LogP contribution >= 0.6 is 0 Å². The third-order valence-corrected chi connectivity index (χ3v) is 4.86. The summed E-state index contributed by atoms with van der Waals surface area (Å²) in [4.78, 5) is 0. The Kier molecular flexibility index (Phi) is 10.8. The van der Waals surface area contributed by atoms with Crippen LogP contribution in [-0.4, -0.2) is 0 Å². The topological polar surface area (TPSA) is 0 Å². The molecule has 0 aromatic carbocycles. The van der Waals surface area contributed by atoms with Crippen LogP contribution in [0.1, 0.15) is 86.5 Å². The van der Waals surface area contributed by atoms with Crippen molar-refractivity contribution in [3.05, 3.63) is 13.8 Å². The summed E-state index contributed by atoms with van der Waals surface area (Å²) in [7, 11) is 0. The fraction of sp³-hybridized carbons (Fsp3) is 0.895. The van der Waals surface area contributed by atoms with Crippen molar-refractivity contribution < 1.29 is 17.1 Å². The van der Waals surface area contributed by atoms with Crippen molar-refractivity contribution >= 4 is 0 Å². The van der Waals surface area contributed by atoms with Gasteiger partial charge in [-0.15, -0.1) is 0 Å². The first-order valence-electron chi connectivity index (χ1n) is 8.04. The Labute approximate surface area is 140 Å². The smallest absolute Gasteiger partial charge is 0.358 e. The van der Waals surface area contributed by atoms with E-state index in [1.807, 2.05) is 0 Å². The van der Waals surface area contributed by atoms with Gasteiger partial charge in [-0.2, -0.15) is 12.3 Å². The second-order valence-corrected chi connectivity index (χ2v) is 8.49. The molecule has 1 unspecified atom stereocenters. The molecule has 0 saturated heterocycles. The Morgan fingerprint density at radius 3 is 1.45 bits per heavy atom. The molecule has 0 N–H and O–H groups in total. The molecular formula is C19H38Fe. The summed E-state index contributed by atoms with van der Waals surface area (Å²) in [6, 6.07) is 0. The van der Waals surface area contributed by atoms with E-state index >= 15 is 0 Å². The van der Waals surface area contributed by atoms with E-state index in [2.05, 4.69) is 48.0 Å². The Hall–Kier alpha value is 0.519. The van der Waals surface area contributed by atoms with Gasteiger partial charge in [-0.05, 0) is 24.2 Å². The van der Waals surface area contributed by atoms with E-state index in [-0.39, 0.29) is 24.5 Å². The minimum Gasteiger partial charge on any atom is -0.358 e. The zero-order chi connectivity index (χ0) is 13.8. The minimum absolute atomic E-state index is 0. The van der Waals surface area contributed by atoms with Gasteiger partial charge in [0.1, 0.15) is 0 Å². The third kappa shape index (κ3) is 8.08. The van der Waals surface area contributed by atoms with Crippen LogP contribution in [0.5, 0.6) is 0 Å². The van der Waals surface area contributed by atoms with Crippen LogP contribution < -0.4 is 0 Å². The monoisotopic (exact) mass is 322 g/mol. The van der Waals surface area contributed by atoms with E-state index in [0.717, 1.165) is 11.8 Å². The summed E-state index contributed by atoms with van der Waals surface area (Å²) >= 11 is 0. The summed E-state index contributed by atoms with van der Waals surface area (Å²) in [5.74, 6) is 1.90. The van der Waals surface area contributed by atoms with E-state index in [0.29, 0.717) is 10.8 Å². The molecule has 2 fully saturated rings. The molecule has 2 saturated carbocycles. The predicted octanol–water partition coefficient (Wildman–Crippen LogP) is 6.71. The van der Waals surface area contributed by atoms with E-state index < -0.39 is 0 Å². The molecule has 2 aliphatic carbocycles. The van der Waals surface area contributed by atoms with E-state index in [1.54, 1.807) is 0 Å². The normalized spacial score (nSPS) is 23.4. The molecule has 2 aliphatic rings. The average molecular weight is 322 g/mol. The molecule has 0 aromatic rings. The quantitative estimate of drug-likeness (QED) is 0.343. The van der Waals surface area contributed by atoms with Crippen molar-refractivity contribution in [2.75, 3.05) is 0 Å². The van der Waals surface area contributed by atoms with Crippen LogP contribution in [0.25, 0.3) is 0 Å². The van der Waals surface area contributed by atoms with Crippen LogP contribution in [0.15, 0.2) is 0 Å². The largest absolute Gasteiger partial charge is 2.00 e. The van der Waals surface area contributed by atoms with Crippen molar-refractivity contribution in [2.24, 2.45) is 22.7 Å². The minimum atomic E-state index is 0. The van der Waals surface area contributed by atoms with Crippen molar-refractivity contribution in [1.82, 2.24) is 0 Å². The molecule has 0 radical (unpaired) electrons. The molecule has 0 spiro atoms. The summed E-state index contributed by atoms with van der Waals surface area (Å²) < 4.78 is 0. The van der Waals surface area contributed by atoms with Gasteiger partial charge in [-0.1, -0.05) is 72.6 Å². The maximum absolute atomic E-state index is 2.49. The Morgan fingerprint density at radius 2 is 1.25 bits per heavy atom. The van der Waals surface area contributed by atoms with E-state index in [1.165, 1.54) is 44.9 Å². The van der Waals surface area contributed by atoms with Gasteiger partial charge in [-0.3, -0.25) is 0 Å². The fourth-order valence-corrected chi connectivity index (χ4v) is 3.35. The van der Waals surface area contributed by atoms with Gasteiger partial charge in [-0.25, -0.2) is 0 Å². The number of rotatable bonds is 0. The predicted molar refractivity (Wildman–Crippen MR) is 88.9 cm³/mol. The first-order valence-corrected chi connectivity index (χ1v) is 8.04. The Morgan fingerprint density at radius 1 is 0.750 bits per heavy atom. The molecule has 1 heteroatoms. The van der Waals surface area contributed by atoms with E-state index in [4.69, 9.17) is 0 Å². The number of hydrogen-bond donors (Lipinski definition) is 0. The van der Waals surface area contributed by atoms with Crippen LogP contribution in [0.2, 0.25) is 0 Å². The van der Waals surface area contributed by atoms with Gasteiger partial charge in [0.2, 0.25) is 0 Å². The molecule has 20 heavy (non-hydrogen) atoms. The summed E-state index contributed by atoms with van der Waals surface area (Å²) in [6.45, 7) is 14.1. The second-order valence-electron chi connectivity index (χ2n) is 8.49. The second kappa shape index (κ2) is 9.52. The van der Waals surface area contributed by atoms with Crippen molar-refractivity contribution in [2.45, 2.75) is 86.5 Å². The van der Waals surface area contributed by atoms with Gasteiger partial charge >= 0.3 is 17.1 Å². The average Bonchev–Trinajstić information content (AvgIpc) is 2.91. The van der Waals surface area contributed by atoms with Crippen LogP contribution in [0.4, 0.5) is 0 Å². The fourth-order valence-electron chi connectivity index (χ4n) is 3.35. The van der Waals surface area contributed by atoms with Gasteiger partial charge in [0.05, 0.1) is 0 Å². The molecule has 0 heterocycles. The third-order valence-electron chi connectivity index (χ3n) is 4.86. The van der Waals surface area contributed by atoms with Gasteiger partial charge in [0.15, 0.2) is 0 Å². The molecular weight excluding hydrogens is 284 g/mol. The molecule has 1 atom stereocenters. The Balaban J connectivity index is 0. The van der Waals surface area contributed by atoms with E-state index in [9.17, 15) is 0 Å². The van der Waals surface area contributed by atoms with Crippen LogP contribution in [-0.2, 0) is 17.1 Å². The summed E-state index contributed by atoms with van der Waals surface area (Å²) in [5.41, 5.74) is 1.10. The zero-order valence-corrected chi connectivity index (χ0v) is 16.1. The molecule has 2 rings (SSSR count). The molecule has 0 bridgehead atoms. The molecule has 0 nitrogen and oxygen atoms in total. The maximum atomic E-state index is 2.49. The molecule has 0 aromatic heterocycles. The molecule has 0 amide bonds. The van der Waals surface area contributed by atoms with Gasteiger partial charge < -0.3 is 13.8 Å². The van der Waals surface area contributed by atoms with Crippen LogP contribution in [0, 0.1) is 36.5 Å². The first kappa shape index (κ1) is 22.8. The van der Waals surface area contributed by atoms with Crippen LogP contribution in [0.3, 0.4) is 0 Å². The Bertz CT molecular complexity index is 193. The van der Waals surface area contributed by atoms with Gasteiger partial charge in [0.25, 0.3) is 0 Å². The summed E-state index contributed by atoms with van der Waals surface area (Å²) in [5, 5.41) is 0. The number of hydrogen-bond acceptors (Lipinski definition) is 0.